The van der Waals surface area contributed by atoms with E-state index in [1.165, 1.54) is 44.6 Å². The lowest BCUT2D eigenvalue weighted by Crippen LogP contribution is -2.25. The maximum Gasteiger partial charge on any atom is 0.574 e. The summed E-state index contributed by atoms with van der Waals surface area (Å²) < 4.78 is 87.6. The van der Waals surface area contributed by atoms with E-state index < -0.39 is 24.1 Å². The van der Waals surface area contributed by atoms with E-state index in [1.807, 2.05) is 0 Å². The second kappa shape index (κ2) is 19.0. The van der Waals surface area contributed by atoms with Crippen molar-refractivity contribution in [2.24, 2.45) is 23.7 Å². The second-order valence-corrected chi connectivity index (χ2v) is 12.7. The van der Waals surface area contributed by atoms with E-state index in [2.05, 4.69) is 28.6 Å². The summed E-state index contributed by atoms with van der Waals surface area (Å²) in [5.41, 5.74) is -0.990. The molecule has 48 heavy (non-hydrogen) atoms. The molecule has 0 aliphatic heterocycles. The Balaban J connectivity index is 0.000000261. The highest BCUT2D eigenvalue weighted by molar-refractivity contribution is 5.75. The Morgan fingerprint density at radius 1 is 0.667 bits per heavy atom. The number of aromatic nitrogens is 2. The number of nitrogens with zero attached hydrogens (tertiary/aromatic N) is 2. The lowest BCUT2D eigenvalue weighted by Gasteiger charge is -2.27. The fourth-order valence-electron chi connectivity index (χ4n) is 6.26. The van der Waals surface area contributed by atoms with E-state index in [9.17, 15) is 35.9 Å². The van der Waals surface area contributed by atoms with E-state index in [0.717, 1.165) is 88.4 Å². The van der Waals surface area contributed by atoms with Crippen LogP contribution in [0.15, 0.2) is 36.7 Å². The first kappa shape index (κ1) is 39.1. The molecule has 0 bridgehead atoms. The van der Waals surface area contributed by atoms with Gasteiger partial charge < -0.3 is 14.2 Å². The van der Waals surface area contributed by atoms with Crippen LogP contribution in [-0.2, 0) is 15.8 Å². The third-order valence-electron chi connectivity index (χ3n) is 8.92. The molecule has 268 valence electrons. The minimum absolute atomic E-state index is 0.0692. The number of halogens is 6. The Bertz CT molecular complexity index is 1240. The number of carbonyl (C=O) groups excluding carboxylic acids is 2. The van der Waals surface area contributed by atoms with E-state index in [1.54, 1.807) is 0 Å². The van der Waals surface area contributed by atoms with Gasteiger partial charge in [0.05, 0.1) is 24.2 Å². The normalized spacial score (nSPS) is 21.4. The van der Waals surface area contributed by atoms with Gasteiger partial charge in [-0.3, -0.25) is 9.59 Å². The number of carbonyl (C=O) groups is 2. The Labute approximate surface area is 278 Å². The Morgan fingerprint density at radius 3 is 1.60 bits per heavy atom. The molecule has 0 aromatic carbocycles. The van der Waals surface area contributed by atoms with Gasteiger partial charge in [-0.25, -0.2) is 9.97 Å². The highest BCUT2D eigenvalue weighted by Crippen LogP contribution is 2.34. The molecule has 2 aliphatic carbocycles. The number of esters is 2. The number of hydrogen-bond donors (Lipinski definition) is 0. The summed E-state index contributed by atoms with van der Waals surface area (Å²) in [5, 5.41) is 0. The fourth-order valence-corrected chi connectivity index (χ4v) is 6.26. The van der Waals surface area contributed by atoms with Crippen molar-refractivity contribution in [3.63, 3.8) is 0 Å². The van der Waals surface area contributed by atoms with Gasteiger partial charge in [0.1, 0.15) is 17.2 Å². The standard InChI is InChI=1S/C19H26F3NO2.C16H20F3NO3/c1-2-3-4-5-6-14-7-9-15(10-8-14)18(24)25-16-11-12-17(23-13-16)19(20,21)22;1-2-3-11-4-6-12(7-5-11)15(21)22-13-8-9-14(20-10-13)23-16(17,18)19/h11-15H,2-10H2,1H3;8-12H,2-7H2,1H3. The average Bonchev–Trinajstić information content (AvgIpc) is 3.04. The van der Waals surface area contributed by atoms with Crippen molar-refractivity contribution in [3.8, 4) is 17.4 Å². The maximum absolute atomic E-state index is 12.5. The van der Waals surface area contributed by atoms with E-state index in [0.29, 0.717) is 11.8 Å². The molecule has 7 nitrogen and oxygen atoms in total. The molecule has 2 aromatic heterocycles. The molecular weight excluding hydrogens is 642 g/mol. The highest BCUT2D eigenvalue weighted by atomic mass is 19.4. The summed E-state index contributed by atoms with van der Waals surface area (Å²) in [7, 11) is 0. The zero-order chi connectivity index (χ0) is 35.2. The quantitative estimate of drug-likeness (QED) is 0.125. The average molecular weight is 689 g/mol. The predicted octanol–water partition coefficient (Wildman–Crippen LogP) is 10.3. The number of hydrogen-bond acceptors (Lipinski definition) is 7. The summed E-state index contributed by atoms with van der Waals surface area (Å²) in [6.07, 6.45) is 8.62. The van der Waals surface area contributed by atoms with Crippen molar-refractivity contribution in [2.45, 2.75) is 123 Å². The van der Waals surface area contributed by atoms with E-state index in [4.69, 9.17) is 9.47 Å². The monoisotopic (exact) mass is 688 g/mol. The number of pyridine rings is 2. The smallest absolute Gasteiger partial charge is 0.425 e. The van der Waals surface area contributed by atoms with Crippen LogP contribution in [0.3, 0.4) is 0 Å². The van der Waals surface area contributed by atoms with Gasteiger partial charge in [0.15, 0.2) is 0 Å². The molecule has 2 saturated carbocycles. The largest absolute Gasteiger partial charge is 0.574 e. The van der Waals surface area contributed by atoms with Crippen molar-refractivity contribution < 1.29 is 50.1 Å². The molecule has 0 amide bonds. The van der Waals surface area contributed by atoms with Gasteiger partial charge >= 0.3 is 24.5 Å². The minimum Gasteiger partial charge on any atom is -0.425 e. The summed E-state index contributed by atoms with van der Waals surface area (Å²) in [6, 6.07) is 4.24. The van der Waals surface area contributed by atoms with Gasteiger partial charge in [-0.15, -0.1) is 13.2 Å². The number of rotatable bonds is 12. The van der Waals surface area contributed by atoms with Crippen LogP contribution in [-0.4, -0.2) is 28.3 Å². The first-order chi connectivity index (χ1) is 22.8. The Hall–Kier alpha value is -3.38. The molecule has 2 aliphatic rings. The highest BCUT2D eigenvalue weighted by Gasteiger charge is 2.33. The van der Waals surface area contributed by atoms with Gasteiger partial charge in [0.2, 0.25) is 5.88 Å². The third-order valence-corrected chi connectivity index (χ3v) is 8.92. The first-order valence-corrected chi connectivity index (χ1v) is 17.0. The van der Waals surface area contributed by atoms with Crippen molar-refractivity contribution in [1.29, 1.82) is 0 Å². The van der Waals surface area contributed by atoms with Crippen LogP contribution >= 0.6 is 0 Å². The molecule has 0 radical (unpaired) electrons. The van der Waals surface area contributed by atoms with Crippen LogP contribution in [0.2, 0.25) is 0 Å². The van der Waals surface area contributed by atoms with Crippen molar-refractivity contribution in [2.75, 3.05) is 0 Å². The molecule has 4 rings (SSSR count). The SMILES string of the molecule is CCCC1CCC(C(=O)Oc2ccc(OC(F)(F)F)nc2)CC1.CCCCCCC1CCC(C(=O)Oc2ccc(C(F)(F)F)nc2)CC1. The molecule has 13 heteroatoms. The number of ether oxygens (including phenoxy) is 3. The Morgan fingerprint density at radius 2 is 1.19 bits per heavy atom. The third kappa shape index (κ3) is 14.0. The molecule has 2 fully saturated rings. The van der Waals surface area contributed by atoms with Crippen molar-refractivity contribution in [1.82, 2.24) is 9.97 Å². The second-order valence-electron chi connectivity index (χ2n) is 12.7. The molecule has 0 unspecified atom stereocenters. The van der Waals surface area contributed by atoms with Gasteiger partial charge in [-0.1, -0.05) is 58.8 Å². The first-order valence-electron chi connectivity index (χ1n) is 17.0. The molecule has 0 spiro atoms. The van der Waals surface area contributed by atoms with Gasteiger partial charge in [0.25, 0.3) is 0 Å². The van der Waals surface area contributed by atoms with Crippen LogP contribution in [0.1, 0.15) is 116 Å². The van der Waals surface area contributed by atoms with Gasteiger partial charge in [-0.05, 0) is 81.4 Å². The van der Waals surface area contributed by atoms with E-state index in [-0.39, 0.29) is 35.3 Å². The summed E-state index contributed by atoms with van der Waals surface area (Å²) in [4.78, 5) is 31.1. The minimum atomic E-state index is -4.79. The fraction of sp³-hybridized carbons (Fsp3) is 0.657. The lowest BCUT2D eigenvalue weighted by molar-refractivity contribution is -0.276. The van der Waals surface area contributed by atoms with Crippen LogP contribution in [0.25, 0.3) is 0 Å². The van der Waals surface area contributed by atoms with Gasteiger partial charge in [0, 0.05) is 6.07 Å². The molecular formula is C35H46F6N2O5. The lowest BCUT2D eigenvalue weighted by atomic mass is 9.80. The van der Waals surface area contributed by atoms with Crippen molar-refractivity contribution >= 4 is 11.9 Å². The zero-order valence-electron chi connectivity index (χ0n) is 27.6. The van der Waals surface area contributed by atoms with Crippen molar-refractivity contribution in [3.05, 3.63) is 42.4 Å². The molecule has 0 atom stereocenters. The Kier molecular flexibility index (Phi) is 15.4. The molecule has 0 saturated heterocycles. The van der Waals surface area contributed by atoms with E-state index >= 15 is 0 Å². The number of alkyl halides is 6. The van der Waals surface area contributed by atoms with Crippen LogP contribution in [0.4, 0.5) is 26.3 Å². The van der Waals surface area contributed by atoms with Crippen LogP contribution in [0, 0.1) is 23.7 Å². The maximum atomic E-state index is 12.5. The summed E-state index contributed by atoms with van der Waals surface area (Å²) >= 11 is 0. The number of unbranched alkanes of at least 4 members (excludes halogenated alkanes) is 3. The molecule has 2 heterocycles. The predicted molar refractivity (Wildman–Crippen MR) is 166 cm³/mol. The molecule has 2 aromatic rings. The zero-order valence-corrected chi connectivity index (χ0v) is 27.6. The topological polar surface area (TPSA) is 87.6 Å². The summed E-state index contributed by atoms with van der Waals surface area (Å²) in [6.45, 7) is 4.35. The summed E-state index contributed by atoms with van der Waals surface area (Å²) in [5.74, 6) is -0.0175. The van der Waals surface area contributed by atoms with Gasteiger partial charge in [-0.2, -0.15) is 13.2 Å². The van der Waals surface area contributed by atoms with Crippen LogP contribution < -0.4 is 14.2 Å². The molecule has 0 N–H and O–H groups in total. The van der Waals surface area contributed by atoms with Crippen LogP contribution in [0.5, 0.6) is 17.4 Å².